The Labute approximate surface area is 137 Å². The molecule has 1 aromatic rings. The molecule has 0 aliphatic heterocycles. The number of amides is 1. The van der Waals surface area contributed by atoms with E-state index in [1.165, 1.54) is 0 Å². The van der Waals surface area contributed by atoms with E-state index in [1.807, 2.05) is 0 Å². The molecule has 5 nitrogen and oxygen atoms in total. The number of nitrogens with one attached hydrogen (secondary N) is 1. The predicted molar refractivity (Wildman–Crippen MR) is 81.9 cm³/mol. The first-order valence-electron chi connectivity index (χ1n) is 6.46. The molecule has 1 N–H and O–H groups in total. The van der Waals surface area contributed by atoms with Gasteiger partial charge in [-0.2, -0.15) is 13.2 Å². The van der Waals surface area contributed by atoms with E-state index in [4.69, 9.17) is 11.6 Å². The second-order valence-electron chi connectivity index (χ2n) is 5.16. The van der Waals surface area contributed by atoms with Crippen LogP contribution in [0.3, 0.4) is 0 Å². The molecule has 0 fully saturated rings. The zero-order chi connectivity index (χ0) is 18.0. The highest BCUT2D eigenvalue weighted by atomic mass is 35.5. The van der Waals surface area contributed by atoms with Gasteiger partial charge in [0.2, 0.25) is 15.9 Å². The molecule has 0 saturated heterocycles. The number of carbonyl (C=O) groups excluding carboxylic acids is 1. The maximum absolute atomic E-state index is 12.8. The van der Waals surface area contributed by atoms with Crippen molar-refractivity contribution in [2.75, 3.05) is 17.1 Å². The SMILES string of the molecule is CC(C)NC(=O)CN(c1cc(C(F)(F)F)ccc1Cl)S(C)(=O)=O. The first kappa shape index (κ1) is 19.6. The molecule has 130 valence electrons. The fourth-order valence-corrected chi connectivity index (χ4v) is 2.89. The van der Waals surface area contributed by atoms with Crippen molar-refractivity contribution in [1.29, 1.82) is 0 Å². The van der Waals surface area contributed by atoms with Crippen molar-refractivity contribution in [1.82, 2.24) is 5.32 Å². The fraction of sp³-hybridized carbons (Fsp3) is 0.462. The lowest BCUT2D eigenvalue weighted by molar-refractivity contribution is -0.137. The Kier molecular flexibility index (Phi) is 5.92. The molecule has 0 unspecified atom stereocenters. The first-order valence-corrected chi connectivity index (χ1v) is 8.69. The standard InChI is InChI=1S/C13H16ClF3N2O3S/c1-8(2)18-12(20)7-19(23(3,21)22)11-6-9(13(15,16)17)4-5-10(11)14/h4-6,8H,7H2,1-3H3,(H,18,20). The minimum atomic E-state index is -4.66. The Morgan fingerprint density at radius 2 is 1.91 bits per heavy atom. The number of rotatable bonds is 5. The number of alkyl halides is 3. The molecule has 0 saturated carbocycles. The lowest BCUT2D eigenvalue weighted by atomic mass is 10.2. The van der Waals surface area contributed by atoms with E-state index in [1.54, 1.807) is 13.8 Å². The van der Waals surface area contributed by atoms with Crippen molar-refractivity contribution in [3.05, 3.63) is 28.8 Å². The smallest absolute Gasteiger partial charge is 0.352 e. The largest absolute Gasteiger partial charge is 0.416 e. The fourth-order valence-electron chi connectivity index (χ4n) is 1.76. The Morgan fingerprint density at radius 1 is 1.35 bits per heavy atom. The third kappa shape index (κ3) is 5.58. The van der Waals surface area contributed by atoms with Crippen LogP contribution in [0.5, 0.6) is 0 Å². The zero-order valence-electron chi connectivity index (χ0n) is 12.6. The Balaban J connectivity index is 3.31. The summed E-state index contributed by atoms with van der Waals surface area (Å²) in [5.41, 5.74) is -1.46. The van der Waals surface area contributed by atoms with Crippen LogP contribution in [0.1, 0.15) is 19.4 Å². The third-order valence-electron chi connectivity index (χ3n) is 2.68. The molecule has 10 heteroatoms. The van der Waals surface area contributed by atoms with E-state index >= 15 is 0 Å². The van der Waals surface area contributed by atoms with E-state index in [-0.39, 0.29) is 11.1 Å². The lowest BCUT2D eigenvalue weighted by Crippen LogP contribution is -2.42. The molecule has 0 aromatic heterocycles. The summed E-state index contributed by atoms with van der Waals surface area (Å²) in [6, 6.07) is 2.03. The van der Waals surface area contributed by atoms with Gasteiger partial charge >= 0.3 is 6.18 Å². The minimum Gasteiger partial charge on any atom is -0.352 e. The van der Waals surface area contributed by atoms with Gasteiger partial charge in [-0.25, -0.2) is 8.42 Å². The van der Waals surface area contributed by atoms with Crippen LogP contribution in [0.4, 0.5) is 18.9 Å². The van der Waals surface area contributed by atoms with Gasteiger partial charge in [-0.05, 0) is 32.0 Å². The summed E-state index contributed by atoms with van der Waals surface area (Å²) in [7, 11) is -4.01. The van der Waals surface area contributed by atoms with E-state index in [0.717, 1.165) is 18.4 Å². The van der Waals surface area contributed by atoms with Crippen molar-refractivity contribution in [3.63, 3.8) is 0 Å². The summed E-state index contributed by atoms with van der Waals surface area (Å²) in [6.45, 7) is 2.66. The molecule has 0 aliphatic carbocycles. The van der Waals surface area contributed by atoms with Crippen LogP contribution >= 0.6 is 11.6 Å². The average molecular weight is 373 g/mol. The summed E-state index contributed by atoms with van der Waals surface area (Å²) in [5.74, 6) is -0.654. The molecule has 1 rings (SSSR count). The molecule has 1 aromatic carbocycles. The molecule has 0 bridgehead atoms. The van der Waals surface area contributed by atoms with E-state index in [2.05, 4.69) is 5.32 Å². The van der Waals surface area contributed by atoms with Gasteiger partial charge < -0.3 is 5.32 Å². The first-order chi connectivity index (χ1) is 10.3. The zero-order valence-corrected chi connectivity index (χ0v) is 14.2. The highest BCUT2D eigenvalue weighted by Crippen LogP contribution is 2.36. The molecule has 0 radical (unpaired) electrons. The van der Waals surface area contributed by atoms with E-state index < -0.39 is 39.9 Å². The topological polar surface area (TPSA) is 66.5 Å². The van der Waals surface area contributed by atoms with Gasteiger partial charge in [0, 0.05) is 6.04 Å². The normalized spacial score (nSPS) is 12.3. The number of hydrogen-bond acceptors (Lipinski definition) is 3. The van der Waals surface area contributed by atoms with Gasteiger partial charge in [0.15, 0.2) is 0 Å². The van der Waals surface area contributed by atoms with Gasteiger partial charge in [-0.15, -0.1) is 0 Å². The Hall–Kier alpha value is -1.48. The number of carbonyl (C=O) groups is 1. The predicted octanol–water partition coefficient (Wildman–Crippen LogP) is 2.65. The van der Waals surface area contributed by atoms with Crippen molar-refractivity contribution in [2.45, 2.75) is 26.1 Å². The summed E-state index contributed by atoms with van der Waals surface area (Å²) >= 11 is 5.83. The maximum Gasteiger partial charge on any atom is 0.416 e. The number of sulfonamides is 1. The lowest BCUT2D eigenvalue weighted by Gasteiger charge is -2.24. The molecular weight excluding hydrogens is 357 g/mol. The average Bonchev–Trinajstić information content (AvgIpc) is 2.33. The maximum atomic E-state index is 12.8. The van der Waals surface area contributed by atoms with Crippen LogP contribution in [-0.2, 0) is 21.0 Å². The summed E-state index contributed by atoms with van der Waals surface area (Å²) in [4.78, 5) is 11.8. The molecule has 0 heterocycles. The molecule has 23 heavy (non-hydrogen) atoms. The Bertz CT molecular complexity index is 690. The number of halogens is 4. The van der Waals surface area contributed by atoms with Gasteiger partial charge in [0.05, 0.1) is 22.5 Å². The van der Waals surface area contributed by atoms with Crippen molar-refractivity contribution < 1.29 is 26.4 Å². The van der Waals surface area contributed by atoms with Crippen LogP contribution in [0.2, 0.25) is 5.02 Å². The minimum absolute atomic E-state index is 0.208. The molecule has 0 aliphatic rings. The highest BCUT2D eigenvalue weighted by Gasteiger charge is 2.33. The van der Waals surface area contributed by atoms with Gasteiger partial charge in [0.1, 0.15) is 6.54 Å². The van der Waals surface area contributed by atoms with Crippen LogP contribution in [0, 0.1) is 0 Å². The van der Waals surface area contributed by atoms with Crippen LogP contribution in [-0.4, -0.2) is 33.2 Å². The Morgan fingerprint density at radius 3 is 2.35 bits per heavy atom. The molecular formula is C13H16ClF3N2O3S. The third-order valence-corrected chi connectivity index (χ3v) is 4.13. The van der Waals surface area contributed by atoms with Crippen molar-refractivity contribution >= 4 is 33.2 Å². The van der Waals surface area contributed by atoms with Gasteiger partial charge in [-0.3, -0.25) is 9.10 Å². The van der Waals surface area contributed by atoms with Crippen LogP contribution in [0.25, 0.3) is 0 Å². The van der Waals surface area contributed by atoms with Gasteiger partial charge in [0.25, 0.3) is 0 Å². The summed E-state index contributed by atoms with van der Waals surface area (Å²) in [5, 5.41) is 2.26. The monoisotopic (exact) mass is 372 g/mol. The summed E-state index contributed by atoms with van der Waals surface area (Å²) < 4.78 is 62.7. The highest BCUT2D eigenvalue weighted by molar-refractivity contribution is 7.92. The summed E-state index contributed by atoms with van der Waals surface area (Å²) in [6.07, 6.45) is -3.88. The van der Waals surface area contributed by atoms with Gasteiger partial charge in [-0.1, -0.05) is 11.6 Å². The number of nitrogens with zero attached hydrogens (tertiary/aromatic N) is 1. The van der Waals surface area contributed by atoms with Crippen LogP contribution in [0.15, 0.2) is 18.2 Å². The quantitative estimate of drug-likeness (QED) is 0.864. The van der Waals surface area contributed by atoms with E-state index in [0.29, 0.717) is 10.4 Å². The number of benzene rings is 1. The van der Waals surface area contributed by atoms with E-state index in [9.17, 15) is 26.4 Å². The van der Waals surface area contributed by atoms with Crippen molar-refractivity contribution in [3.8, 4) is 0 Å². The molecule has 0 atom stereocenters. The number of hydrogen-bond donors (Lipinski definition) is 1. The molecule has 1 amide bonds. The molecule has 0 spiro atoms. The second-order valence-corrected chi connectivity index (χ2v) is 7.47. The van der Waals surface area contributed by atoms with Crippen LogP contribution < -0.4 is 9.62 Å². The number of anilines is 1. The van der Waals surface area contributed by atoms with Crippen molar-refractivity contribution in [2.24, 2.45) is 0 Å². The second kappa shape index (κ2) is 6.96.